The van der Waals surface area contributed by atoms with E-state index in [-0.39, 0.29) is 30.7 Å². The van der Waals surface area contributed by atoms with Crippen LogP contribution in [-0.2, 0) is 14.8 Å². The second-order valence-corrected chi connectivity index (χ2v) is 11.6. The van der Waals surface area contributed by atoms with E-state index in [2.05, 4.69) is 4.72 Å². The maximum absolute atomic E-state index is 12.8. The molecule has 0 saturated heterocycles. The summed E-state index contributed by atoms with van der Waals surface area (Å²) in [5.41, 5.74) is 0.689. The Bertz CT molecular complexity index is 843. The van der Waals surface area contributed by atoms with E-state index in [1.165, 1.54) is 0 Å². The molecule has 0 aliphatic heterocycles. The maximum atomic E-state index is 12.8. The number of benzene rings is 1. The molecule has 162 valence electrons. The molecule has 1 aliphatic rings. The molecule has 0 radical (unpaired) electrons. The summed E-state index contributed by atoms with van der Waals surface area (Å²) in [5.74, 6) is -0.721. The molecule has 0 bridgehead atoms. The highest BCUT2D eigenvalue weighted by Gasteiger charge is 2.34. The van der Waals surface area contributed by atoms with Gasteiger partial charge in [0, 0.05) is 28.3 Å². The van der Waals surface area contributed by atoms with E-state index in [4.69, 9.17) is 11.6 Å². The smallest absolute Gasteiger partial charge is 0.216 e. The summed E-state index contributed by atoms with van der Waals surface area (Å²) in [6.45, 7) is 4.62. The lowest BCUT2D eigenvalue weighted by Crippen LogP contribution is -2.46. The van der Waals surface area contributed by atoms with Crippen LogP contribution in [0.4, 0.5) is 0 Å². The van der Waals surface area contributed by atoms with Crippen molar-refractivity contribution in [2.75, 3.05) is 6.54 Å². The average Bonchev–Trinajstić information content (AvgIpc) is 2.60. The van der Waals surface area contributed by atoms with E-state index >= 15 is 0 Å². The van der Waals surface area contributed by atoms with Gasteiger partial charge in [0.25, 0.3) is 0 Å². The number of ketones is 1. The van der Waals surface area contributed by atoms with E-state index in [1.807, 2.05) is 0 Å². The van der Waals surface area contributed by atoms with E-state index < -0.39 is 25.6 Å². The monoisotopic (exact) mass is 444 g/mol. The highest BCUT2D eigenvalue weighted by molar-refractivity contribution is 7.90. The Hall–Kier alpha value is -1.51. The molecular formula is C20H29ClN2O5S. The fourth-order valence-corrected chi connectivity index (χ4v) is 4.79. The lowest BCUT2D eigenvalue weighted by Gasteiger charge is -2.31. The van der Waals surface area contributed by atoms with Gasteiger partial charge in [-0.15, -0.1) is 0 Å². The van der Waals surface area contributed by atoms with Crippen molar-refractivity contribution in [2.24, 2.45) is 5.92 Å². The molecule has 2 rings (SSSR count). The molecule has 0 aromatic heterocycles. The molecule has 1 fully saturated rings. The van der Waals surface area contributed by atoms with Gasteiger partial charge in [0.1, 0.15) is 5.78 Å². The minimum absolute atomic E-state index is 0.00560. The number of nitro groups is 1. The fraction of sp³-hybridized carbons (Fsp3) is 0.650. The Kier molecular flexibility index (Phi) is 7.81. The summed E-state index contributed by atoms with van der Waals surface area (Å²) >= 11 is 6.00. The molecule has 1 unspecified atom stereocenters. The molecular weight excluding hydrogens is 416 g/mol. The van der Waals surface area contributed by atoms with Gasteiger partial charge in [0.05, 0.1) is 10.7 Å². The third kappa shape index (κ3) is 6.76. The number of rotatable bonds is 8. The van der Waals surface area contributed by atoms with Crippen molar-refractivity contribution >= 4 is 27.4 Å². The Balaban J connectivity index is 1.97. The first-order valence-corrected chi connectivity index (χ1v) is 11.7. The zero-order valence-corrected chi connectivity index (χ0v) is 18.6. The summed E-state index contributed by atoms with van der Waals surface area (Å²) in [6.07, 6.45) is 2.42. The van der Waals surface area contributed by atoms with Crippen molar-refractivity contribution in [1.82, 2.24) is 4.72 Å². The predicted octanol–water partition coefficient (Wildman–Crippen LogP) is 3.94. The van der Waals surface area contributed by atoms with E-state index in [1.54, 1.807) is 45.0 Å². The maximum Gasteiger partial charge on any atom is 0.216 e. The van der Waals surface area contributed by atoms with Gasteiger partial charge in [0.15, 0.2) is 0 Å². The number of carbonyl (C=O) groups is 1. The topological polar surface area (TPSA) is 106 Å². The molecule has 0 heterocycles. The van der Waals surface area contributed by atoms with Crippen LogP contribution in [0.1, 0.15) is 64.4 Å². The van der Waals surface area contributed by atoms with Crippen LogP contribution in [0.5, 0.6) is 0 Å². The zero-order valence-electron chi connectivity index (χ0n) is 17.1. The SMILES string of the molecule is CC(C)(C)S(=O)(=O)NC1CCC(C(=O)CC(C[N+](=O)[O-])c2cccc(Cl)c2)CC1. The Morgan fingerprint density at radius 1 is 1.28 bits per heavy atom. The number of carbonyl (C=O) groups excluding carboxylic acids is 1. The standard InChI is InChI=1S/C20H29ClN2O5S/c1-20(2,3)29(27,28)22-18-9-7-14(8-10-18)19(24)12-16(13-23(25)26)15-5-4-6-17(21)11-15/h4-6,11,14,16,18,22H,7-10,12-13H2,1-3H3. The van der Waals surface area contributed by atoms with Gasteiger partial charge in [-0.25, -0.2) is 13.1 Å². The summed E-state index contributed by atoms with van der Waals surface area (Å²) in [6, 6.07) is 6.66. The summed E-state index contributed by atoms with van der Waals surface area (Å²) < 4.78 is 26.5. The number of halogens is 1. The van der Waals surface area contributed by atoms with Gasteiger partial charge < -0.3 is 0 Å². The number of nitrogens with one attached hydrogen (secondary N) is 1. The number of Topliss-reactive ketones (excluding diaryl/α,β-unsaturated/α-hetero) is 1. The van der Waals surface area contributed by atoms with Crippen LogP contribution in [0.25, 0.3) is 0 Å². The molecule has 29 heavy (non-hydrogen) atoms. The van der Waals surface area contributed by atoms with E-state index in [0.717, 1.165) is 0 Å². The van der Waals surface area contributed by atoms with Crippen molar-refractivity contribution in [3.63, 3.8) is 0 Å². The number of sulfonamides is 1. The molecule has 7 nitrogen and oxygen atoms in total. The first kappa shape index (κ1) is 23.8. The van der Waals surface area contributed by atoms with Crippen LogP contribution < -0.4 is 4.72 Å². The second kappa shape index (κ2) is 9.53. The highest BCUT2D eigenvalue weighted by Crippen LogP contribution is 2.31. The van der Waals surface area contributed by atoms with Crippen molar-refractivity contribution < 1.29 is 18.1 Å². The molecule has 0 spiro atoms. The molecule has 0 amide bonds. The van der Waals surface area contributed by atoms with Crippen LogP contribution in [0.3, 0.4) is 0 Å². The quantitative estimate of drug-likeness (QED) is 0.482. The fourth-order valence-electron chi connectivity index (χ4n) is 3.57. The normalized spacial score (nSPS) is 21.5. The summed E-state index contributed by atoms with van der Waals surface area (Å²) in [5, 5.41) is 11.6. The average molecular weight is 445 g/mol. The van der Waals surface area contributed by atoms with Gasteiger partial charge in [-0.3, -0.25) is 14.9 Å². The third-order valence-corrected chi connectivity index (χ3v) is 7.94. The largest absolute Gasteiger partial charge is 0.299 e. The van der Waals surface area contributed by atoms with Crippen LogP contribution in [-0.4, -0.2) is 36.5 Å². The van der Waals surface area contributed by atoms with E-state index in [9.17, 15) is 23.3 Å². The first-order chi connectivity index (χ1) is 13.4. The molecule has 1 atom stereocenters. The van der Waals surface area contributed by atoms with Crippen molar-refractivity contribution in [3.05, 3.63) is 45.0 Å². The van der Waals surface area contributed by atoms with Gasteiger partial charge in [-0.2, -0.15) is 0 Å². The predicted molar refractivity (Wildman–Crippen MR) is 113 cm³/mol. The minimum atomic E-state index is -3.43. The zero-order chi connectivity index (χ0) is 21.8. The number of hydrogen-bond acceptors (Lipinski definition) is 5. The lowest BCUT2D eigenvalue weighted by atomic mass is 9.80. The third-order valence-electron chi connectivity index (χ3n) is 5.45. The summed E-state index contributed by atoms with van der Waals surface area (Å²) in [7, 11) is -3.43. The van der Waals surface area contributed by atoms with Crippen molar-refractivity contribution in [1.29, 1.82) is 0 Å². The molecule has 1 saturated carbocycles. The Morgan fingerprint density at radius 3 is 2.41 bits per heavy atom. The second-order valence-electron chi connectivity index (χ2n) is 8.72. The molecule has 1 aromatic carbocycles. The van der Waals surface area contributed by atoms with Crippen molar-refractivity contribution in [3.8, 4) is 0 Å². The highest BCUT2D eigenvalue weighted by atomic mass is 35.5. The lowest BCUT2D eigenvalue weighted by molar-refractivity contribution is -0.483. The summed E-state index contributed by atoms with van der Waals surface area (Å²) in [4.78, 5) is 23.5. The van der Waals surface area contributed by atoms with E-state index in [0.29, 0.717) is 36.3 Å². The van der Waals surface area contributed by atoms with Gasteiger partial charge in [-0.05, 0) is 64.2 Å². The Labute approximate surface area is 177 Å². The van der Waals surface area contributed by atoms with Crippen LogP contribution in [0.15, 0.2) is 24.3 Å². The van der Waals surface area contributed by atoms with Gasteiger partial charge >= 0.3 is 0 Å². The van der Waals surface area contributed by atoms with Gasteiger partial charge in [-0.1, -0.05) is 23.7 Å². The van der Waals surface area contributed by atoms with Crippen LogP contribution in [0, 0.1) is 16.0 Å². The molecule has 1 aromatic rings. The molecule has 1 N–H and O–H groups in total. The van der Waals surface area contributed by atoms with Crippen LogP contribution in [0.2, 0.25) is 5.02 Å². The van der Waals surface area contributed by atoms with Crippen molar-refractivity contribution in [2.45, 2.75) is 69.6 Å². The minimum Gasteiger partial charge on any atom is -0.299 e. The number of nitrogens with zero attached hydrogens (tertiary/aromatic N) is 1. The Morgan fingerprint density at radius 2 is 1.90 bits per heavy atom. The van der Waals surface area contributed by atoms with Crippen LogP contribution >= 0.6 is 11.6 Å². The number of hydrogen-bond donors (Lipinski definition) is 1. The van der Waals surface area contributed by atoms with Gasteiger partial charge in [0.2, 0.25) is 16.6 Å². The molecule has 9 heteroatoms. The first-order valence-electron chi connectivity index (χ1n) is 9.81. The molecule has 1 aliphatic carbocycles.